The number of nitrogens with two attached hydrogens (primary N) is 1. The summed E-state index contributed by atoms with van der Waals surface area (Å²) < 4.78 is 41.1. The van der Waals surface area contributed by atoms with E-state index in [-0.39, 0.29) is 11.3 Å². The Kier molecular flexibility index (Phi) is 3.92. The standard InChI is InChI=1S/C10H12FNO5S/c1-17-9-6(8(12)10(13)14)3-5(11)4-7(9)18(2,15)16/h3-4,8H,12H2,1-2H3,(H,13,14). The number of aliphatic carboxylic acids is 1. The van der Waals surface area contributed by atoms with Gasteiger partial charge in [0.2, 0.25) is 0 Å². The molecule has 0 amide bonds. The van der Waals surface area contributed by atoms with Crippen LogP contribution in [0.1, 0.15) is 11.6 Å². The van der Waals surface area contributed by atoms with Crippen LogP contribution < -0.4 is 10.5 Å². The number of carboxylic acids is 1. The number of methoxy groups -OCH3 is 1. The number of hydrogen-bond donors (Lipinski definition) is 2. The fourth-order valence-corrected chi connectivity index (χ4v) is 2.31. The maximum Gasteiger partial charge on any atom is 0.325 e. The van der Waals surface area contributed by atoms with E-state index in [1.54, 1.807) is 0 Å². The van der Waals surface area contributed by atoms with Crippen molar-refractivity contribution in [2.75, 3.05) is 13.4 Å². The minimum Gasteiger partial charge on any atom is -0.495 e. The molecule has 1 aromatic rings. The highest BCUT2D eigenvalue weighted by atomic mass is 32.2. The zero-order valence-corrected chi connectivity index (χ0v) is 10.5. The molecule has 0 aliphatic carbocycles. The summed E-state index contributed by atoms with van der Waals surface area (Å²) in [7, 11) is -2.61. The molecule has 0 saturated heterocycles. The first-order valence-corrected chi connectivity index (χ1v) is 6.63. The molecule has 0 aliphatic heterocycles. The molecule has 0 spiro atoms. The zero-order chi connectivity index (χ0) is 14.1. The van der Waals surface area contributed by atoms with Gasteiger partial charge in [0, 0.05) is 11.8 Å². The Morgan fingerprint density at radius 3 is 2.44 bits per heavy atom. The summed E-state index contributed by atoms with van der Waals surface area (Å²) in [5.74, 6) is -2.57. The van der Waals surface area contributed by atoms with Gasteiger partial charge in [-0.15, -0.1) is 0 Å². The van der Waals surface area contributed by atoms with Crippen LogP contribution in [0.3, 0.4) is 0 Å². The highest BCUT2D eigenvalue weighted by Gasteiger charge is 2.26. The lowest BCUT2D eigenvalue weighted by Crippen LogP contribution is -2.22. The summed E-state index contributed by atoms with van der Waals surface area (Å²) >= 11 is 0. The summed E-state index contributed by atoms with van der Waals surface area (Å²) in [6.07, 6.45) is 0.861. The van der Waals surface area contributed by atoms with Crippen LogP contribution in [0.5, 0.6) is 5.75 Å². The molecule has 8 heteroatoms. The summed E-state index contributed by atoms with van der Waals surface area (Å²) in [6, 6.07) is 0.0228. The molecule has 0 fully saturated rings. The molecule has 100 valence electrons. The van der Waals surface area contributed by atoms with Gasteiger partial charge >= 0.3 is 5.97 Å². The second-order valence-corrected chi connectivity index (χ2v) is 5.60. The van der Waals surface area contributed by atoms with Crippen molar-refractivity contribution in [1.29, 1.82) is 0 Å². The lowest BCUT2D eigenvalue weighted by Gasteiger charge is -2.15. The smallest absolute Gasteiger partial charge is 0.325 e. The summed E-state index contributed by atoms with van der Waals surface area (Å²) in [4.78, 5) is 10.4. The number of rotatable bonds is 4. The van der Waals surface area contributed by atoms with Crippen molar-refractivity contribution < 1.29 is 27.4 Å². The van der Waals surface area contributed by atoms with Gasteiger partial charge in [0.05, 0.1) is 7.11 Å². The van der Waals surface area contributed by atoms with Crippen molar-refractivity contribution in [3.63, 3.8) is 0 Å². The van der Waals surface area contributed by atoms with Gasteiger partial charge in [-0.2, -0.15) is 0 Å². The first-order valence-electron chi connectivity index (χ1n) is 4.74. The second-order valence-electron chi connectivity index (χ2n) is 3.61. The third kappa shape index (κ3) is 2.77. The Labute approximate surface area is 103 Å². The third-order valence-electron chi connectivity index (χ3n) is 2.25. The maximum absolute atomic E-state index is 13.3. The number of ether oxygens (including phenoxy) is 1. The van der Waals surface area contributed by atoms with Crippen LogP contribution in [0, 0.1) is 5.82 Å². The lowest BCUT2D eigenvalue weighted by molar-refractivity contribution is -0.138. The molecule has 0 bridgehead atoms. The molecule has 0 aromatic heterocycles. The van der Waals surface area contributed by atoms with E-state index in [1.807, 2.05) is 0 Å². The van der Waals surface area contributed by atoms with Crippen molar-refractivity contribution in [3.8, 4) is 5.75 Å². The van der Waals surface area contributed by atoms with Gasteiger partial charge in [0.25, 0.3) is 0 Å². The van der Waals surface area contributed by atoms with Crippen molar-refractivity contribution in [2.45, 2.75) is 10.9 Å². The molecule has 18 heavy (non-hydrogen) atoms. The van der Waals surface area contributed by atoms with Gasteiger partial charge < -0.3 is 15.6 Å². The molecule has 0 heterocycles. The molecule has 1 rings (SSSR count). The lowest BCUT2D eigenvalue weighted by atomic mass is 10.1. The molecule has 6 nitrogen and oxygen atoms in total. The topological polar surface area (TPSA) is 107 Å². The van der Waals surface area contributed by atoms with Crippen molar-refractivity contribution >= 4 is 15.8 Å². The van der Waals surface area contributed by atoms with Crippen molar-refractivity contribution in [2.24, 2.45) is 5.73 Å². The van der Waals surface area contributed by atoms with E-state index < -0.39 is 32.6 Å². The highest BCUT2D eigenvalue weighted by Crippen LogP contribution is 2.32. The summed E-state index contributed by atoms with van der Waals surface area (Å²) in [5, 5.41) is 8.79. The molecule has 3 N–H and O–H groups in total. The number of benzene rings is 1. The number of carbonyl (C=O) groups is 1. The Bertz CT molecular complexity index is 584. The molecule has 1 atom stereocenters. The van der Waals surface area contributed by atoms with Gasteiger partial charge in [-0.05, 0) is 12.1 Å². The SMILES string of the molecule is COc1c(C(N)C(=O)O)cc(F)cc1S(C)(=O)=O. The number of sulfone groups is 1. The maximum atomic E-state index is 13.3. The fraction of sp³-hybridized carbons (Fsp3) is 0.300. The summed E-state index contributed by atoms with van der Waals surface area (Å²) in [6.45, 7) is 0. The minimum atomic E-state index is -3.76. The normalized spacial score (nSPS) is 13.1. The third-order valence-corrected chi connectivity index (χ3v) is 3.36. The molecule has 0 aliphatic rings. The molecule has 1 unspecified atom stereocenters. The van der Waals surface area contributed by atoms with Crippen LogP contribution in [0.2, 0.25) is 0 Å². The monoisotopic (exact) mass is 277 g/mol. The van der Waals surface area contributed by atoms with E-state index in [4.69, 9.17) is 15.6 Å². The average molecular weight is 277 g/mol. The van der Waals surface area contributed by atoms with Crippen LogP contribution in [0.15, 0.2) is 17.0 Å². The van der Waals surface area contributed by atoms with Gasteiger partial charge in [-0.3, -0.25) is 4.79 Å². The molecule has 0 radical (unpaired) electrons. The van der Waals surface area contributed by atoms with Crippen LogP contribution in [-0.2, 0) is 14.6 Å². The second kappa shape index (κ2) is 4.91. The Morgan fingerprint density at radius 1 is 1.50 bits per heavy atom. The van der Waals surface area contributed by atoms with Gasteiger partial charge in [-0.25, -0.2) is 12.8 Å². The van der Waals surface area contributed by atoms with Crippen LogP contribution in [0.25, 0.3) is 0 Å². The molecular formula is C10H12FNO5S. The van der Waals surface area contributed by atoms with Gasteiger partial charge in [0.1, 0.15) is 22.5 Å². The number of halogens is 1. The Hall–Kier alpha value is -1.67. The molecule has 1 aromatic carbocycles. The Morgan fingerprint density at radius 2 is 2.06 bits per heavy atom. The predicted molar refractivity (Wildman–Crippen MR) is 60.6 cm³/mol. The van der Waals surface area contributed by atoms with Crippen LogP contribution in [-0.4, -0.2) is 32.9 Å². The van der Waals surface area contributed by atoms with E-state index in [0.717, 1.165) is 25.5 Å². The number of carboxylic acid groups (broad SMARTS) is 1. The van der Waals surface area contributed by atoms with Gasteiger partial charge in [-0.1, -0.05) is 0 Å². The van der Waals surface area contributed by atoms with Crippen LogP contribution in [0.4, 0.5) is 4.39 Å². The van der Waals surface area contributed by atoms with Crippen LogP contribution >= 0.6 is 0 Å². The van der Waals surface area contributed by atoms with Crippen molar-refractivity contribution in [3.05, 3.63) is 23.5 Å². The van der Waals surface area contributed by atoms with E-state index in [2.05, 4.69) is 0 Å². The summed E-state index contributed by atoms with van der Waals surface area (Å²) in [5.41, 5.74) is 5.12. The Balaban J connectivity index is 3.63. The molecular weight excluding hydrogens is 265 g/mol. The predicted octanol–water partition coefficient (Wildman–Crippen LogP) is 0.322. The minimum absolute atomic E-state index is 0.231. The van der Waals surface area contributed by atoms with Gasteiger partial charge in [0.15, 0.2) is 9.84 Å². The fourth-order valence-electron chi connectivity index (χ4n) is 1.45. The van der Waals surface area contributed by atoms with E-state index in [9.17, 15) is 17.6 Å². The quantitative estimate of drug-likeness (QED) is 0.821. The average Bonchev–Trinajstić information content (AvgIpc) is 2.25. The van der Waals surface area contributed by atoms with Crippen molar-refractivity contribution in [1.82, 2.24) is 0 Å². The van der Waals surface area contributed by atoms with E-state index >= 15 is 0 Å². The van der Waals surface area contributed by atoms with E-state index in [1.165, 1.54) is 0 Å². The first kappa shape index (κ1) is 14.4. The first-order chi connectivity index (χ1) is 8.18. The number of hydrogen-bond acceptors (Lipinski definition) is 5. The molecule has 0 saturated carbocycles. The highest BCUT2D eigenvalue weighted by molar-refractivity contribution is 7.90. The largest absolute Gasteiger partial charge is 0.495 e. The zero-order valence-electron chi connectivity index (χ0n) is 9.68. The van der Waals surface area contributed by atoms with E-state index in [0.29, 0.717) is 0 Å².